The van der Waals surface area contributed by atoms with Gasteiger partial charge in [0.1, 0.15) is 17.4 Å². The maximum atomic E-state index is 13.2. The molecule has 0 N–H and O–H groups in total. The Bertz CT molecular complexity index is 966. The summed E-state index contributed by atoms with van der Waals surface area (Å²) in [6.07, 6.45) is 1.10. The summed E-state index contributed by atoms with van der Waals surface area (Å²) in [5, 5.41) is 4.50. The van der Waals surface area contributed by atoms with Crippen molar-refractivity contribution in [2.75, 3.05) is 13.2 Å². The lowest BCUT2D eigenvalue weighted by Crippen LogP contribution is -2.44. The van der Waals surface area contributed by atoms with Gasteiger partial charge >= 0.3 is 0 Å². The highest BCUT2D eigenvalue weighted by molar-refractivity contribution is 5.79. The number of aromatic nitrogens is 3. The number of hydrogen-bond donors (Lipinski definition) is 0. The first kappa shape index (κ1) is 19.2. The molecule has 0 saturated carbocycles. The second-order valence-electron chi connectivity index (χ2n) is 7.29. The molecule has 2 heterocycles. The topological polar surface area (TPSA) is 60.2 Å². The van der Waals surface area contributed by atoms with E-state index >= 15 is 0 Å². The highest BCUT2D eigenvalue weighted by Crippen LogP contribution is 2.28. The Hall–Kier alpha value is -3.15. The average Bonchev–Trinajstić information content (AvgIpc) is 3.11. The monoisotopic (exact) mass is 390 g/mol. The normalized spacial score (nSPS) is 15.8. The number of carbonyl (C=O) groups excluding carboxylic acids is 1. The molecule has 1 amide bonds. The van der Waals surface area contributed by atoms with Gasteiger partial charge in [-0.25, -0.2) is 9.67 Å². The van der Waals surface area contributed by atoms with Gasteiger partial charge in [0.2, 0.25) is 5.91 Å². The first-order valence-electron chi connectivity index (χ1n) is 10.1. The van der Waals surface area contributed by atoms with E-state index in [2.05, 4.69) is 22.2 Å². The standard InChI is InChI=1S/C23H26N4O2/c1-3-29-20-11-9-19(10-12-20)16-22(28)26-13-14-27-23(24-17(2)25-27)21(26)15-18-7-5-4-6-8-18/h4-12,21H,3,13-16H2,1-2H3/t21-/m0/s1. The van der Waals surface area contributed by atoms with Crippen LogP contribution >= 0.6 is 0 Å². The Morgan fingerprint density at radius 1 is 1.07 bits per heavy atom. The lowest BCUT2D eigenvalue weighted by Gasteiger charge is -2.35. The van der Waals surface area contributed by atoms with Gasteiger partial charge in [-0.3, -0.25) is 4.79 Å². The van der Waals surface area contributed by atoms with Crippen LogP contribution < -0.4 is 4.74 Å². The van der Waals surface area contributed by atoms with E-state index in [9.17, 15) is 4.79 Å². The molecular weight excluding hydrogens is 364 g/mol. The van der Waals surface area contributed by atoms with Gasteiger partial charge < -0.3 is 9.64 Å². The van der Waals surface area contributed by atoms with Crippen molar-refractivity contribution >= 4 is 5.91 Å². The third kappa shape index (κ3) is 4.31. The van der Waals surface area contributed by atoms with Gasteiger partial charge in [0.25, 0.3) is 0 Å². The third-order valence-electron chi connectivity index (χ3n) is 5.22. The van der Waals surface area contributed by atoms with Crippen LogP contribution in [0, 0.1) is 6.92 Å². The van der Waals surface area contributed by atoms with Gasteiger partial charge in [-0.05, 0) is 37.1 Å². The molecule has 4 rings (SSSR count). The molecule has 29 heavy (non-hydrogen) atoms. The SMILES string of the molecule is CCOc1ccc(CC(=O)N2CCn3nc(C)nc3[C@@H]2Cc2ccccc2)cc1. The Kier molecular flexibility index (Phi) is 5.60. The summed E-state index contributed by atoms with van der Waals surface area (Å²) in [6.45, 7) is 5.81. The maximum Gasteiger partial charge on any atom is 0.227 e. The van der Waals surface area contributed by atoms with E-state index in [0.717, 1.165) is 29.4 Å². The van der Waals surface area contributed by atoms with Crippen molar-refractivity contribution in [1.29, 1.82) is 0 Å². The smallest absolute Gasteiger partial charge is 0.227 e. The predicted molar refractivity (Wildman–Crippen MR) is 111 cm³/mol. The van der Waals surface area contributed by atoms with Crippen LogP contribution in [-0.2, 0) is 24.2 Å². The number of nitrogens with zero attached hydrogens (tertiary/aromatic N) is 4. The van der Waals surface area contributed by atoms with Gasteiger partial charge in [-0.15, -0.1) is 0 Å². The zero-order chi connectivity index (χ0) is 20.2. The van der Waals surface area contributed by atoms with Crippen molar-refractivity contribution < 1.29 is 9.53 Å². The van der Waals surface area contributed by atoms with Crippen LogP contribution in [0.15, 0.2) is 54.6 Å². The van der Waals surface area contributed by atoms with Gasteiger partial charge in [0, 0.05) is 13.0 Å². The lowest BCUT2D eigenvalue weighted by atomic mass is 10.0. The second-order valence-corrected chi connectivity index (χ2v) is 7.29. The van der Waals surface area contributed by atoms with Crippen LogP contribution in [0.1, 0.15) is 35.7 Å². The van der Waals surface area contributed by atoms with E-state index in [1.54, 1.807) is 0 Å². The number of aryl methyl sites for hydroxylation is 1. The molecule has 6 nitrogen and oxygen atoms in total. The van der Waals surface area contributed by atoms with Crippen LogP contribution in [-0.4, -0.2) is 38.7 Å². The van der Waals surface area contributed by atoms with Crippen molar-refractivity contribution in [3.05, 3.63) is 77.4 Å². The lowest BCUT2D eigenvalue weighted by molar-refractivity contribution is -0.134. The Balaban J connectivity index is 1.56. The van der Waals surface area contributed by atoms with E-state index in [0.29, 0.717) is 26.1 Å². The number of carbonyl (C=O) groups is 1. The van der Waals surface area contributed by atoms with Gasteiger partial charge in [0.15, 0.2) is 0 Å². The molecule has 0 bridgehead atoms. The summed E-state index contributed by atoms with van der Waals surface area (Å²) < 4.78 is 7.44. The van der Waals surface area contributed by atoms with Crippen molar-refractivity contribution in [3.8, 4) is 5.75 Å². The molecule has 1 atom stereocenters. The first-order chi connectivity index (χ1) is 14.1. The minimum atomic E-state index is -0.109. The average molecular weight is 390 g/mol. The summed E-state index contributed by atoms with van der Waals surface area (Å²) >= 11 is 0. The van der Waals surface area contributed by atoms with Crippen molar-refractivity contribution in [3.63, 3.8) is 0 Å². The molecule has 0 aliphatic carbocycles. The zero-order valence-corrected chi connectivity index (χ0v) is 16.9. The zero-order valence-electron chi connectivity index (χ0n) is 16.9. The van der Waals surface area contributed by atoms with Crippen molar-refractivity contribution in [2.45, 2.75) is 39.3 Å². The van der Waals surface area contributed by atoms with Crippen molar-refractivity contribution in [1.82, 2.24) is 19.7 Å². The molecule has 0 fully saturated rings. The molecule has 2 aromatic carbocycles. The fraction of sp³-hybridized carbons (Fsp3) is 0.348. The summed E-state index contributed by atoms with van der Waals surface area (Å²) in [4.78, 5) is 19.8. The Morgan fingerprint density at radius 3 is 2.55 bits per heavy atom. The molecular formula is C23H26N4O2. The molecule has 0 spiro atoms. The first-order valence-corrected chi connectivity index (χ1v) is 10.1. The van der Waals surface area contributed by atoms with Crippen LogP contribution in [0.3, 0.4) is 0 Å². The number of ether oxygens (including phenoxy) is 1. The number of benzene rings is 2. The summed E-state index contributed by atoms with van der Waals surface area (Å²) in [7, 11) is 0. The Morgan fingerprint density at radius 2 is 1.83 bits per heavy atom. The highest BCUT2D eigenvalue weighted by Gasteiger charge is 2.33. The minimum Gasteiger partial charge on any atom is -0.494 e. The fourth-order valence-corrected chi connectivity index (χ4v) is 3.86. The maximum absolute atomic E-state index is 13.2. The van der Waals surface area contributed by atoms with Gasteiger partial charge in [0.05, 0.1) is 25.6 Å². The molecule has 150 valence electrons. The van der Waals surface area contributed by atoms with Gasteiger partial charge in [-0.2, -0.15) is 5.10 Å². The molecule has 1 aliphatic heterocycles. The van der Waals surface area contributed by atoms with E-state index in [1.165, 1.54) is 5.56 Å². The highest BCUT2D eigenvalue weighted by atomic mass is 16.5. The van der Waals surface area contributed by atoms with E-state index in [4.69, 9.17) is 4.74 Å². The number of amides is 1. The van der Waals surface area contributed by atoms with Crippen LogP contribution in [0.25, 0.3) is 0 Å². The van der Waals surface area contributed by atoms with Crippen LogP contribution in [0.5, 0.6) is 5.75 Å². The third-order valence-corrected chi connectivity index (χ3v) is 5.22. The van der Waals surface area contributed by atoms with Gasteiger partial charge in [-0.1, -0.05) is 42.5 Å². The second kappa shape index (κ2) is 8.47. The molecule has 3 aromatic rings. The molecule has 1 aromatic heterocycles. The predicted octanol–water partition coefficient (Wildman–Crippen LogP) is 3.35. The number of rotatable bonds is 6. The molecule has 0 radical (unpaired) electrons. The molecule has 6 heteroatoms. The summed E-state index contributed by atoms with van der Waals surface area (Å²) in [5.74, 6) is 2.56. The molecule has 0 unspecified atom stereocenters. The molecule has 0 saturated heterocycles. The van der Waals surface area contributed by atoms with E-state index in [-0.39, 0.29) is 11.9 Å². The van der Waals surface area contributed by atoms with E-state index < -0.39 is 0 Å². The number of hydrogen-bond acceptors (Lipinski definition) is 4. The summed E-state index contributed by atoms with van der Waals surface area (Å²) in [6, 6.07) is 17.9. The number of fused-ring (bicyclic) bond motifs is 1. The molecule has 1 aliphatic rings. The Labute approximate surface area is 171 Å². The van der Waals surface area contributed by atoms with Crippen LogP contribution in [0.2, 0.25) is 0 Å². The minimum absolute atomic E-state index is 0.109. The fourth-order valence-electron chi connectivity index (χ4n) is 3.86. The van der Waals surface area contributed by atoms with Crippen LogP contribution in [0.4, 0.5) is 0 Å². The largest absolute Gasteiger partial charge is 0.494 e. The quantitative estimate of drug-likeness (QED) is 0.648. The summed E-state index contributed by atoms with van der Waals surface area (Å²) in [5.41, 5.74) is 2.17. The van der Waals surface area contributed by atoms with Crippen molar-refractivity contribution in [2.24, 2.45) is 0 Å². The van der Waals surface area contributed by atoms with E-state index in [1.807, 2.05) is 65.9 Å².